The summed E-state index contributed by atoms with van der Waals surface area (Å²) in [5.41, 5.74) is 0.175. The highest BCUT2D eigenvalue weighted by Gasteiger charge is 2.09. The van der Waals surface area contributed by atoms with Crippen LogP contribution in [-0.2, 0) is 13.1 Å². The van der Waals surface area contributed by atoms with Gasteiger partial charge in [0, 0.05) is 34.2 Å². The van der Waals surface area contributed by atoms with Crippen molar-refractivity contribution >= 4 is 11.3 Å². The third-order valence-corrected chi connectivity index (χ3v) is 3.48. The molecule has 0 aliphatic heterocycles. The third kappa shape index (κ3) is 3.98. The number of thiophene rings is 1. The van der Waals surface area contributed by atoms with Crippen molar-refractivity contribution in [3.8, 4) is 0 Å². The van der Waals surface area contributed by atoms with Gasteiger partial charge in [0.15, 0.2) is 0 Å². The van der Waals surface area contributed by atoms with Crippen LogP contribution in [0, 0.1) is 0 Å². The monoisotopic (exact) mass is 249 g/mol. The Morgan fingerprint density at radius 3 is 2.71 bits per heavy atom. The molecule has 0 aliphatic carbocycles. The maximum atomic E-state index is 4.05. The van der Waals surface area contributed by atoms with Crippen molar-refractivity contribution in [3.63, 3.8) is 0 Å². The van der Waals surface area contributed by atoms with Crippen LogP contribution in [0.4, 0.5) is 0 Å². The van der Waals surface area contributed by atoms with E-state index in [1.165, 1.54) is 9.75 Å². The Bertz CT molecular complexity index is 451. The molecule has 2 aromatic heterocycles. The van der Waals surface area contributed by atoms with Gasteiger partial charge in [0.05, 0.1) is 12.9 Å². The average Bonchev–Trinajstić information content (AvgIpc) is 2.86. The lowest BCUT2D eigenvalue weighted by molar-refractivity contribution is 0.426. The van der Waals surface area contributed by atoms with Crippen LogP contribution in [0.15, 0.2) is 30.9 Å². The Morgan fingerprint density at radius 1 is 1.29 bits per heavy atom. The van der Waals surface area contributed by atoms with Crippen LogP contribution in [0.5, 0.6) is 0 Å². The minimum absolute atomic E-state index is 0.175. The fourth-order valence-electron chi connectivity index (χ4n) is 1.51. The minimum atomic E-state index is 0.175. The van der Waals surface area contributed by atoms with Gasteiger partial charge in [-0.15, -0.1) is 11.3 Å². The first-order valence-corrected chi connectivity index (χ1v) is 6.63. The second-order valence-electron chi connectivity index (χ2n) is 5.21. The van der Waals surface area contributed by atoms with Gasteiger partial charge >= 0.3 is 0 Å². The first kappa shape index (κ1) is 12.3. The summed E-state index contributed by atoms with van der Waals surface area (Å²) >= 11 is 1.86. The summed E-state index contributed by atoms with van der Waals surface area (Å²) in [6, 6.07) is 4.40. The van der Waals surface area contributed by atoms with E-state index in [2.05, 4.69) is 47.8 Å². The summed E-state index contributed by atoms with van der Waals surface area (Å²) in [6.45, 7) is 8.42. The predicted octanol–water partition coefficient (Wildman–Crippen LogP) is 2.88. The van der Waals surface area contributed by atoms with Gasteiger partial charge in [0.25, 0.3) is 0 Å². The van der Waals surface area contributed by atoms with Crippen LogP contribution < -0.4 is 5.32 Å². The molecular weight excluding hydrogens is 230 g/mol. The summed E-state index contributed by atoms with van der Waals surface area (Å²) in [7, 11) is 0. The molecule has 4 heteroatoms. The maximum absolute atomic E-state index is 4.05. The van der Waals surface area contributed by atoms with Crippen LogP contribution >= 0.6 is 11.3 Å². The maximum Gasteiger partial charge on any atom is 0.0949 e. The number of aromatic nitrogens is 2. The van der Waals surface area contributed by atoms with Crippen LogP contribution in [0.3, 0.4) is 0 Å². The van der Waals surface area contributed by atoms with Crippen LogP contribution in [0.1, 0.15) is 30.5 Å². The number of hydrogen-bond donors (Lipinski definition) is 1. The molecule has 0 amide bonds. The van der Waals surface area contributed by atoms with E-state index in [-0.39, 0.29) is 5.54 Å². The Labute approximate surface area is 107 Å². The van der Waals surface area contributed by atoms with Crippen molar-refractivity contribution in [2.75, 3.05) is 0 Å². The van der Waals surface area contributed by atoms with E-state index in [4.69, 9.17) is 0 Å². The van der Waals surface area contributed by atoms with Crippen molar-refractivity contribution < 1.29 is 0 Å². The Kier molecular flexibility index (Phi) is 3.64. The second kappa shape index (κ2) is 5.02. The molecule has 2 rings (SSSR count). The zero-order valence-corrected chi connectivity index (χ0v) is 11.4. The van der Waals surface area contributed by atoms with E-state index in [1.807, 2.05) is 30.1 Å². The highest BCUT2D eigenvalue weighted by Crippen LogP contribution is 2.18. The predicted molar refractivity (Wildman–Crippen MR) is 72.2 cm³/mol. The molecule has 0 radical (unpaired) electrons. The van der Waals surface area contributed by atoms with Crippen LogP contribution in [-0.4, -0.2) is 15.1 Å². The lowest BCUT2D eigenvalue weighted by atomic mass is 10.1. The zero-order valence-electron chi connectivity index (χ0n) is 10.6. The minimum Gasteiger partial charge on any atom is -0.332 e. The number of hydrogen-bond acceptors (Lipinski definition) is 3. The molecule has 0 saturated heterocycles. The molecule has 0 aliphatic rings. The topological polar surface area (TPSA) is 29.9 Å². The molecule has 0 unspecified atom stereocenters. The molecule has 3 nitrogen and oxygen atoms in total. The van der Waals surface area contributed by atoms with E-state index in [1.54, 1.807) is 0 Å². The first-order chi connectivity index (χ1) is 8.03. The first-order valence-electron chi connectivity index (χ1n) is 5.81. The van der Waals surface area contributed by atoms with Gasteiger partial charge < -0.3 is 9.88 Å². The molecule has 17 heavy (non-hydrogen) atoms. The smallest absolute Gasteiger partial charge is 0.0949 e. The van der Waals surface area contributed by atoms with E-state index < -0.39 is 0 Å². The molecule has 0 fully saturated rings. The molecule has 92 valence electrons. The Balaban J connectivity index is 1.92. The SMILES string of the molecule is CC(C)(C)NCc1ccc(Cn2ccnc2)s1. The van der Waals surface area contributed by atoms with E-state index in [0.29, 0.717) is 0 Å². The van der Waals surface area contributed by atoms with Gasteiger partial charge in [0.1, 0.15) is 0 Å². The second-order valence-corrected chi connectivity index (χ2v) is 6.46. The quantitative estimate of drug-likeness (QED) is 0.903. The molecule has 2 heterocycles. The average molecular weight is 249 g/mol. The molecule has 0 bridgehead atoms. The molecule has 1 N–H and O–H groups in total. The molecule has 0 atom stereocenters. The van der Waals surface area contributed by atoms with Crippen molar-refractivity contribution in [1.82, 2.24) is 14.9 Å². The van der Waals surface area contributed by atoms with Gasteiger partial charge in [-0.3, -0.25) is 0 Å². The zero-order chi connectivity index (χ0) is 12.3. The van der Waals surface area contributed by atoms with Gasteiger partial charge in [-0.2, -0.15) is 0 Å². The van der Waals surface area contributed by atoms with Crippen molar-refractivity contribution in [3.05, 3.63) is 40.6 Å². The van der Waals surface area contributed by atoms with Crippen LogP contribution in [0.25, 0.3) is 0 Å². The normalized spacial score (nSPS) is 11.9. The highest BCUT2D eigenvalue weighted by atomic mass is 32.1. The number of imidazole rings is 1. The fraction of sp³-hybridized carbons (Fsp3) is 0.462. The molecule has 0 saturated carbocycles. The number of rotatable bonds is 4. The summed E-state index contributed by atoms with van der Waals surface area (Å²) in [5, 5.41) is 3.50. The molecular formula is C13H19N3S. The van der Waals surface area contributed by atoms with Crippen LogP contribution in [0.2, 0.25) is 0 Å². The Hall–Kier alpha value is -1.13. The van der Waals surface area contributed by atoms with E-state index in [0.717, 1.165) is 13.1 Å². The van der Waals surface area contributed by atoms with Crippen molar-refractivity contribution in [1.29, 1.82) is 0 Å². The summed E-state index contributed by atoms with van der Waals surface area (Å²) in [5.74, 6) is 0. The lowest BCUT2D eigenvalue weighted by Crippen LogP contribution is -2.34. The van der Waals surface area contributed by atoms with E-state index >= 15 is 0 Å². The van der Waals surface area contributed by atoms with Gasteiger partial charge in [-0.05, 0) is 32.9 Å². The largest absolute Gasteiger partial charge is 0.332 e. The molecule has 0 aromatic carbocycles. The lowest BCUT2D eigenvalue weighted by Gasteiger charge is -2.19. The van der Waals surface area contributed by atoms with Gasteiger partial charge in [0.2, 0.25) is 0 Å². The standard InChI is InChI=1S/C13H19N3S/c1-13(2,3)15-8-11-4-5-12(17-11)9-16-7-6-14-10-16/h4-7,10,15H,8-9H2,1-3H3. The summed E-state index contributed by atoms with van der Waals surface area (Å²) < 4.78 is 2.09. The fourth-order valence-corrected chi connectivity index (χ4v) is 2.48. The summed E-state index contributed by atoms with van der Waals surface area (Å²) in [4.78, 5) is 6.80. The number of nitrogens with zero attached hydrogens (tertiary/aromatic N) is 2. The van der Waals surface area contributed by atoms with E-state index in [9.17, 15) is 0 Å². The third-order valence-electron chi connectivity index (χ3n) is 2.41. The molecule has 0 spiro atoms. The molecule has 2 aromatic rings. The highest BCUT2D eigenvalue weighted by molar-refractivity contribution is 7.11. The Morgan fingerprint density at radius 2 is 2.06 bits per heavy atom. The van der Waals surface area contributed by atoms with Crippen molar-refractivity contribution in [2.45, 2.75) is 39.4 Å². The van der Waals surface area contributed by atoms with Crippen molar-refractivity contribution in [2.24, 2.45) is 0 Å². The van der Waals surface area contributed by atoms with Gasteiger partial charge in [-0.25, -0.2) is 4.98 Å². The summed E-state index contributed by atoms with van der Waals surface area (Å²) in [6.07, 6.45) is 5.66. The van der Waals surface area contributed by atoms with Gasteiger partial charge in [-0.1, -0.05) is 0 Å². The number of nitrogens with one attached hydrogen (secondary N) is 1.